The molecule has 0 unspecified atom stereocenters. The van der Waals surface area contributed by atoms with Crippen LogP contribution < -0.4 is 4.90 Å². The van der Waals surface area contributed by atoms with Crippen LogP contribution in [0.1, 0.15) is 0 Å². The lowest BCUT2D eigenvalue weighted by Gasteiger charge is -2.17. The molecule has 1 amide bonds. The highest BCUT2D eigenvalue weighted by atomic mass is 35.5. The fourth-order valence-corrected chi connectivity index (χ4v) is 1.32. The van der Waals surface area contributed by atoms with Crippen LogP contribution in [0.25, 0.3) is 0 Å². The van der Waals surface area contributed by atoms with Crippen LogP contribution in [-0.4, -0.2) is 23.5 Å². The number of hydrogen-bond acceptors (Lipinski definition) is 2. The first-order valence-corrected chi connectivity index (χ1v) is 4.68. The molecule has 0 bridgehead atoms. The second kappa shape index (κ2) is 5.19. The van der Waals surface area contributed by atoms with Gasteiger partial charge in [-0.2, -0.15) is 0 Å². The highest BCUT2D eigenvalue weighted by Crippen LogP contribution is 2.19. The van der Waals surface area contributed by atoms with Crippen LogP contribution in [-0.2, 0) is 9.59 Å². The number of carbonyl (C=O) groups excluding carboxylic acids is 1. The van der Waals surface area contributed by atoms with Crippen molar-refractivity contribution in [1.82, 2.24) is 0 Å². The third kappa shape index (κ3) is 3.01. The molecule has 0 heterocycles. The molecule has 16 heavy (non-hydrogen) atoms. The Balaban J connectivity index is 3.06. The molecule has 0 aromatic heterocycles. The second-order valence-electron chi connectivity index (χ2n) is 2.91. The molecule has 82 valence electrons. The zero-order valence-electron chi connectivity index (χ0n) is 8.18. The number of amides is 1. The number of carbonyl (C=O) groups is 2. The molecule has 5 heteroatoms. The average Bonchev–Trinajstić information content (AvgIpc) is 2.24. The predicted octanol–water partition coefficient (Wildman–Crippen LogP) is 1.39. The number of carboxylic acid groups (broad SMARTS) is 1. The molecule has 0 aliphatic heterocycles. The summed E-state index contributed by atoms with van der Waals surface area (Å²) in [6.07, 6.45) is 4.96. The zero-order valence-corrected chi connectivity index (χ0v) is 8.94. The number of hydrogen-bond donors (Lipinski definition) is 1. The van der Waals surface area contributed by atoms with Gasteiger partial charge < -0.3 is 5.11 Å². The first kappa shape index (κ1) is 12.1. The summed E-state index contributed by atoms with van der Waals surface area (Å²) in [7, 11) is 0. The summed E-state index contributed by atoms with van der Waals surface area (Å²) in [5, 5.41) is 9.06. The van der Waals surface area contributed by atoms with E-state index >= 15 is 0 Å². The standard InChI is InChI=1S/C11H8ClNO3/c1-2-10(14)13(7-11(15)16)9-5-3-4-8(12)6-9/h1,3-6H,7H2,(H,15,16). The molecule has 1 N–H and O–H groups in total. The van der Waals surface area contributed by atoms with E-state index in [1.54, 1.807) is 18.2 Å². The van der Waals surface area contributed by atoms with E-state index in [0.717, 1.165) is 4.90 Å². The number of benzene rings is 1. The van der Waals surface area contributed by atoms with Crippen LogP contribution in [0, 0.1) is 12.3 Å². The minimum Gasteiger partial charge on any atom is -0.480 e. The van der Waals surface area contributed by atoms with E-state index < -0.39 is 18.4 Å². The van der Waals surface area contributed by atoms with Crippen LogP contribution in [0.5, 0.6) is 0 Å². The molecule has 4 nitrogen and oxygen atoms in total. The maximum Gasteiger partial charge on any atom is 0.323 e. The van der Waals surface area contributed by atoms with E-state index in [1.165, 1.54) is 6.07 Å². The minimum atomic E-state index is -1.15. The summed E-state index contributed by atoms with van der Waals surface area (Å²) < 4.78 is 0. The fourth-order valence-electron chi connectivity index (χ4n) is 1.14. The summed E-state index contributed by atoms with van der Waals surface area (Å²) in [5.41, 5.74) is 0.359. The highest BCUT2D eigenvalue weighted by molar-refractivity contribution is 6.31. The van der Waals surface area contributed by atoms with Gasteiger partial charge in [-0.1, -0.05) is 17.7 Å². The van der Waals surface area contributed by atoms with Gasteiger partial charge in [-0.15, -0.1) is 6.42 Å². The Morgan fingerprint density at radius 3 is 2.69 bits per heavy atom. The van der Waals surface area contributed by atoms with E-state index in [9.17, 15) is 9.59 Å². The predicted molar refractivity (Wildman–Crippen MR) is 60.3 cm³/mol. The molecule has 0 saturated carbocycles. The lowest BCUT2D eigenvalue weighted by Crippen LogP contribution is -2.34. The van der Waals surface area contributed by atoms with Gasteiger partial charge in [0.05, 0.1) is 0 Å². The topological polar surface area (TPSA) is 57.6 Å². The van der Waals surface area contributed by atoms with Crippen LogP contribution in [0.3, 0.4) is 0 Å². The molecule has 1 aromatic carbocycles. The summed E-state index contributed by atoms with van der Waals surface area (Å²) in [4.78, 5) is 22.9. The van der Waals surface area contributed by atoms with Gasteiger partial charge in [0.2, 0.25) is 0 Å². The van der Waals surface area contributed by atoms with Crippen molar-refractivity contribution in [3.63, 3.8) is 0 Å². The largest absolute Gasteiger partial charge is 0.480 e. The highest BCUT2D eigenvalue weighted by Gasteiger charge is 2.16. The Labute approximate surface area is 97.4 Å². The zero-order chi connectivity index (χ0) is 12.1. The third-order valence-electron chi connectivity index (χ3n) is 1.78. The van der Waals surface area contributed by atoms with Crippen molar-refractivity contribution in [3.05, 3.63) is 29.3 Å². The normalized spacial score (nSPS) is 9.25. The molecule has 0 fully saturated rings. The lowest BCUT2D eigenvalue weighted by molar-refractivity contribution is -0.136. The second-order valence-corrected chi connectivity index (χ2v) is 3.35. The van der Waals surface area contributed by atoms with Crippen molar-refractivity contribution < 1.29 is 14.7 Å². The third-order valence-corrected chi connectivity index (χ3v) is 2.02. The van der Waals surface area contributed by atoms with Crippen LogP contribution in [0.2, 0.25) is 5.02 Å². The molecule has 0 spiro atoms. The maximum absolute atomic E-state index is 11.3. The van der Waals surface area contributed by atoms with Crippen molar-refractivity contribution >= 4 is 29.2 Å². The SMILES string of the molecule is C#CC(=O)N(CC(=O)O)c1cccc(Cl)c1. The van der Waals surface area contributed by atoms with Gasteiger partial charge in [-0.05, 0) is 24.1 Å². The number of anilines is 1. The van der Waals surface area contributed by atoms with Crippen molar-refractivity contribution in [1.29, 1.82) is 0 Å². The van der Waals surface area contributed by atoms with E-state index in [4.69, 9.17) is 23.1 Å². The van der Waals surface area contributed by atoms with Gasteiger partial charge in [-0.3, -0.25) is 14.5 Å². The number of carboxylic acids is 1. The van der Waals surface area contributed by atoms with Gasteiger partial charge in [0, 0.05) is 10.7 Å². The first-order valence-electron chi connectivity index (χ1n) is 4.30. The number of halogens is 1. The maximum atomic E-state index is 11.3. The van der Waals surface area contributed by atoms with E-state index in [2.05, 4.69) is 0 Å². The molecule has 1 rings (SSSR count). The summed E-state index contributed by atoms with van der Waals surface area (Å²) in [6, 6.07) is 6.25. The van der Waals surface area contributed by atoms with Gasteiger partial charge in [-0.25, -0.2) is 0 Å². The molecule has 0 aliphatic rings. The Kier molecular flexibility index (Phi) is 3.92. The number of aliphatic carboxylic acids is 1. The Bertz CT molecular complexity index is 465. The van der Waals surface area contributed by atoms with Crippen molar-refractivity contribution in [2.24, 2.45) is 0 Å². The van der Waals surface area contributed by atoms with Crippen molar-refractivity contribution in [2.45, 2.75) is 0 Å². The number of terminal acetylenes is 1. The van der Waals surface area contributed by atoms with E-state index in [0.29, 0.717) is 10.7 Å². The van der Waals surface area contributed by atoms with Gasteiger partial charge in [0.15, 0.2) is 0 Å². The smallest absolute Gasteiger partial charge is 0.323 e. The Morgan fingerprint density at radius 1 is 1.50 bits per heavy atom. The van der Waals surface area contributed by atoms with Crippen LogP contribution in [0.4, 0.5) is 5.69 Å². The monoisotopic (exact) mass is 237 g/mol. The number of nitrogens with zero attached hydrogens (tertiary/aromatic N) is 1. The molecular formula is C11H8ClNO3. The van der Waals surface area contributed by atoms with Gasteiger partial charge in [0.25, 0.3) is 0 Å². The fraction of sp³-hybridized carbons (Fsp3) is 0.0909. The molecular weight excluding hydrogens is 230 g/mol. The average molecular weight is 238 g/mol. The molecule has 0 radical (unpaired) electrons. The molecule has 0 saturated heterocycles. The van der Waals surface area contributed by atoms with Crippen LogP contribution in [0.15, 0.2) is 24.3 Å². The van der Waals surface area contributed by atoms with Gasteiger partial charge >= 0.3 is 11.9 Å². The van der Waals surface area contributed by atoms with Crippen molar-refractivity contribution in [2.75, 3.05) is 11.4 Å². The van der Waals surface area contributed by atoms with E-state index in [1.807, 2.05) is 5.92 Å². The quantitative estimate of drug-likeness (QED) is 0.809. The minimum absolute atomic E-state index is 0.359. The first-order chi connectivity index (χ1) is 7.54. The van der Waals surface area contributed by atoms with Crippen LogP contribution >= 0.6 is 11.6 Å². The van der Waals surface area contributed by atoms with E-state index in [-0.39, 0.29) is 0 Å². The summed E-state index contributed by atoms with van der Waals surface area (Å²) >= 11 is 5.74. The van der Waals surface area contributed by atoms with Crippen molar-refractivity contribution in [3.8, 4) is 12.3 Å². The molecule has 1 aromatic rings. The Morgan fingerprint density at radius 2 is 2.19 bits per heavy atom. The lowest BCUT2D eigenvalue weighted by atomic mass is 10.3. The van der Waals surface area contributed by atoms with Gasteiger partial charge in [0.1, 0.15) is 6.54 Å². The molecule has 0 atom stereocenters. The summed E-state index contributed by atoms with van der Waals surface area (Å²) in [6.45, 7) is -0.497. The Hall–Kier alpha value is -1.99. The summed E-state index contributed by atoms with van der Waals surface area (Å²) in [5.74, 6) is 0.00158. The molecule has 0 aliphatic carbocycles. The number of rotatable bonds is 3.